The van der Waals surface area contributed by atoms with Gasteiger partial charge in [-0.1, -0.05) is 23.7 Å². The lowest BCUT2D eigenvalue weighted by atomic mass is 10.2. The van der Waals surface area contributed by atoms with E-state index in [0.29, 0.717) is 10.6 Å². The van der Waals surface area contributed by atoms with Gasteiger partial charge in [0, 0.05) is 3.57 Å². The van der Waals surface area contributed by atoms with Gasteiger partial charge in [0.05, 0.1) is 17.9 Å². The Morgan fingerprint density at radius 3 is 2.71 bits per heavy atom. The molecule has 14 heavy (non-hydrogen) atoms. The highest BCUT2D eigenvalue weighted by molar-refractivity contribution is 14.1. The van der Waals surface area contributed by atoms with Crippen molar-refractivity contribution < 1.29 is 12.6 Å². The zero-order chi connectivity index (χ0) is 10.8. The summed E-state index contributed by atoms with van der Waals surface area (Å²) in [5.41, 5.74) is 0.670. The lowest BCUT2D eigenvalue weighted by Crippen LogP contribution is -2.03. The molecule has 1 rings (SSSR count). The highest BCUT2D eigenvalue weighted by Crippen LogP contribution is 2.23. The molecule has 1 aromatic carbocycles. The van der Waals surface area contributed by atoms with Gasteiger partial charge in [0.2, 0.25) is 0 Å². The third-order valence-electron chi connectivity index (χ3n) is 1.46. The lowest BCUT2D eigenvalue weighted by molar-refractivity contribution is 0.311. The summed E-state index contributed by atoms with van der Waals surface area (Å²) in [6.07, 6.45) is 1.01. The Bertz CT molecular complexity index is 430. The maximum Gasteiger partial charge on any atom is 0.264 e. The first-order chi connectivity index (χ1) is 6.40. The molecule has 0 aliphatic carbocycles. The van der Waals surface area contributed by atoms with Crippen molar-refractivity contribution in [3.8, 4) is 0 Å². The van der Waals surface area contributed by atoms with Gasteiger partial charge in [0.15, 0.2) is 0 Å². The van der Waals surface area contributed by atoms with Gasteiger partial charge >= 0.3 is 0 Å². The molecule has 6 heteroatoms. The maximum absolute atomic E-state index is 10.7. The Balaban J connectivity index is 2.83. The van der Waals surface area contributed by atoms with Crippen LogP contribution in [0.2, 0.25) is 5.02 Å². The Kier molecular flexibility index (Phi) is 4.17. The molecule has 0 bridgehead atoms. The summed E-state index contributed by atoms with van der Waals surface area (Å²) in [5, 5.41) is 0.539. The molecule has 0 heterocycles. The fourth-order valence-corrected chi connectivity index (χ4v) is 1.91. The molecule has 0 unspecified atom stereocenters. The first-order valence-corrected chi connectivity index (χ1v) is 6.95. The summed E-state index contributed by atoms with van der Waals surface area (Å²) in [7, 11) is -3.41. The van der Waals surface area contributed by atoms with Crippen LogP contribution in [-0.2, 0) is 20.9 Å². The van der Waals surface area contributed by atoms with Crippen LogP contribution < -0.4 is 0 Å². The molecule has 0 aromatic heterocycles. The lowest BCUT2D eigenvalue weighted by Gasteiger charge is -2.05. The van der Waals surface area contributed by atoms with E-state index in [1.807, 2.05) is 6.07 Å². The Morgan fingerprint density at radius 1 is 1.50 bits per heavy atom. The van der Waals surface area contributed by atoms with E-state index in [2.05, 4.69) is 26.8 Å². The van der Waals surface area contributed by atoms with E-state index in [9.17, 15) is 8.42 Å². The highest BCUT2D eigenvalue weighted by Gasteiger charge is 2.07. The molecule has 0 radical (unpaired) electrons. The predicted molar refractivity (Wildman–Crippen MR) is 63.8 cm³/mol. The van der Waals surface area contributed by atoms with Crippen LogP contribution in [0, 0.1) is 3.57 Å². The van der Waals surface area contributed by atoms with Crippen molar-refractivity contribution >= 4 is 44.3 Å². The third kappa shape index (κ3) is 3.72. The van der Waals surface area contributed by atoms with E-state index in [1.54, 1.807) is 12.1 Å². The molecule has 0 aliphatic rings. The first kappa shape index (κ1) is 12.2. The van der Waals surface area contributed by atoms with E-state index in [0.717, 1.165) is 9.83 Å². The van der Waals surface area contributed by atoms with E-state index in [1.165, 1.54) is 0 Å². The van der Waals surface area contributed by atoms with Gasteiger partial charge in [-0.2, -0.15) is 8.42 Å². The number of hydrogen-bond acceptors (Lipinski definition) is 3. The van der Waals surface area contributed by atoms with Crippen molar-refractivity contribution in [2.75, 3.05) is 6.26 Å². The summed E-state index contributed by atoms with van der Waals surface area (Å²) in [6, 6.07) is 5.37. The van der Waals surface area contributed by atoms with E-state index in [-0.39, 0.29) is 6.61 Å². The summed E-state index contributed by atoms with van der Waals surface area (Å²) in [5.74, 6) is 0. The van der Waals surface area contributed by atoms with Crippen molar-refractivity contribution in [1.29, 1.82) is 0 Å². The smallest absolute Gasteiger partial charge is 0.264 e. The van der Waals surface area contributed by atoms with Gasteiger partial charge in [-0.05, 0) is 34.2 Å². The zero-order valence-corrected chi connectivity index (χ0v) is 11.1. The van der Waals surface area contributed by atoms with Crippen LogP contribution >= 0.6 is 34.2 Å². The number of rotatable bonds is 3. The van der Waals surface area contributed by atoms with Crippen LogP contribution in [0.25, 0.3) is 0 Å². The van der Waals surface area contributed by atoms with Crippen LogP contribution in [-0.4, -0.2) is 14.7 Å². The second-order valence-electron chi connectivity index (χ2n) is 2.68. The van der Waals surface area contributed by atoms with Gasteiger partial charge in [-0.3, -0.25) is 4.18 Å². The molecule has 0 N–H and O–H groups in total. The van der Waals surface area contributed by atoms with Crippen LogP contribution in [0.5, 0.6) is 0 Å². The largest absolute Gasteiger partial charge is 0.265 e. The molecule has 0 fully saturated rings. The molecule has 3 nitrogen and oxygen atoms in total. The molecule has 0 saturated heterocycles. The Labute approximate surface area is 102 Å². The molecule has 1 aromatic rings. The van der Waals surface area contributed by atoms with Crippen molar-refractivity contribution in [3.05, 3.63) is 32.4 Å². The fraction of sp³-hybridized carbons (Fsp3) is 0.250. The van der Waals surface area contributed by atoms with Gasteiger partial charge in [-0.25, -0.2) is 0 Å². The molecule has 78 valence electrons. The first-order valence-electron chi connectivity index (χ1n) is 3.67. The highest BCUT2D eigenvalue weighted by atomic mass is 127. The summed E-state index contributed by atoms with van der Waals surface area (Å²) in [4.78, 5) is 0. The number of benzene rings is 1. The third-order valence-corrected chi connectivity index (χ3v) is 3.67. The minimum atomic E-state index is -3.41. The minimum Gasteiger partial charge on any atom is -0.265 e. The van der Waals surface area contributed by atoms with E-state index >= 15 is 0 Å². The SMILES string of the molecule is CS(=O)(=O)OCc1cccc(I)c1Cl. The Morgan fingerprint density at radius 2 is 2.14 bits per heavy atom. The molecular weight excluding hydrogens is 339 g/mol. The van der Waals surface area contributed by atoms with Crippen LogP contribution in [0.3, 0.4) is 0 Å². The molecule has 0 atom stereocenters. The molecular formula is C8H8ClIO3S. The second kappa shape index (κ2) is 4.78. The topological polar surface area (TPSA) is 43.4 Å². The average molecular weight is 347 g/mol. The van der Waals surface area contributed by atoms with Gasteiger partial charge < -0.3 is 0 Å². The van der Waals surface area contributed by atoms with Crippen molar-refractivity contribution in [1.82, 2.24) is 0 Å². The van der Waals surface area contributed by atoms with E-state index in [4.69, 9.17) is 11.6 Å². The van der Waals surface area contributed by atoms with Crippen LogP contribution in [0.4, 0.5) is 0 Å². The van der Waals surface area contributed by atoms with Crippen molar-refractivity contribution in [2.45, 2.75) is 6.61 Å². The average Bonchev–Trinajstić information content (AvgIpc) is 2.06. The molecule has 0 aliphatic heterocycles. The fourth-order valence-electron chi connectivity index (χ4n) is 0.830. The van der Waals surface area contributed by atoms with Crippen molar-refractivity contribution in [2.24, 2.45) is 0 Å². The molecule has 0 amide bonds. The second-order valence-corrected chi connectivity index (χ2v) is 5.86. The van der Waals surface area contributed by atoms with Crippen molar-refractivity contribution in [3.63, 3.8) is 0 Å². The van der Waals surface area contributed by atoms with Gasteiger partial charge in [0.25, 0.3) is 10.1 Å². The van der Waals surface area contributed by atoms with Gasteiger partial charge in [-0.15, -0.1) is 0 Å². The minimum absolute atomic E-state index is 0.0193. The van der Waals surface area contributed by atoms with E-state index < -0.39 is 10.1 Å². The summed E-state index contributed by atoms with van der Waals surface area (Å²) < 4.78 is 27.0. The summed E-state index contributed by atoms with van der Waals surface area (Å²) >= 11 is 8.01. The Hall–Kier alpha value is 0.150. The molecule has 0 spiro atoms. The zero-order valence-electron chi connectivity index (χ0n) is 7.33. The van der Waals surface area contributed by atoms with Crippen LogP contribution in [0.1, 0.15) is 5.56 Å². The predicted octanol–water partition coefficient (Wildman–Crippen LogP) is 2.42. The number of halogens is 2. The monoisotopic (exact) mass is 346 g/mol. The number of hydrogen-bond donors (Lipinski definition) is 0. The normalized spacial score (nSPS) is 11.6. The quantitative estimate of drug-likeness (QED) is 0.624. The maximum atomic E-state index is 10.7. The molecule has 0 saturated carbocycles. The standard InChI is InChI=1S/C8H8ClIO3S/c1-14(11,12)13-5-6-3-2-4-7(10)8(6)9/h2-4H,5H2,1H3. The van der Waals surface area contributed by atoms with Crippen LogP contribution in [0.15, 0.2) is 18.2 Å². The summed E-state index contributed by atoms with van der Waals surface area (Å²) in [6.45, 7) is -0.0193. The van der Waals surface area contributed by atoms with Gasteiger partial charge in [0.1, 0.15) is 0 Å².